The van der Waals surface area contributed by atoms with Gasteiger partial charge in [0, 0.05) is 18.9 Å². The van der Waals surface area contributed by atoms with Crippen molar-refractivity contribution in [1.82, 2.24) is 14.7 Å². The SMILES string of the molecule is NC(=O)C[C@]1(COc2ccc(F)cc2)CN(C(=O)Cn2cccn2)CCO1. The topological polar surface area (TPSA) is 99.7 Å². The molecule has 1 atom stereocenters. The van der Waals surface area contributed by atoms with Crippen LogP contribution in [0.3, 0.4) is 0 Å². The van der Waals surface area contributed by atoms with Gasteiger partial charge in [0.25, 0.3) is 0 Å². The molecule has 0 saturated carbocycles. The molecule has 0 radical (unpaired) electrons. The number of aromatic nitrogens is 2. The number of rotatable bonds is 7. The van der Waals surface area contributed by atoms with E-state index in [0.29, 0.717) is 12.3 Å². The summed E-state index contributed by atoms with van der Waals surface area (Å²) in [7, 11) is 0. The van der Waals surface area contributed by atoms with Crippen LogP contribution < -0.4 is 10.5 Å². The Hall–Kier alpha value is -2.94. The van der Waals surface area contributed by atoms with E-state index in [1.807, 2.05) is 0 Å². The van der Waals surface area contributed by atoms with Crippen molar-refractivity contribution in [2.45, 2.75) is 18.6 Å². The van der Waals surface area contributed by atoms with Crippen molar-refractivity contribution in [3.63, 3.8) is 0 Å². The number of ether oxygens (including phenoxy) is 2. The van der Waals surface area contributed by atoms with Crippen LogP contribution in [0.4, 0.5) is 4.39 Å². The summed E-state index contributed by atoms with van der Waals surface area (Å²) < 4.78 is 26.1. The predicted octanol–water partition coefficient (Wildman–Crippen LogP) is 0.574. The molecule has 3 rings (SSSR count). The number of carbonyl (C=O) groups excluding carboxylic acids is 2. The van der Waals surface area contributed by atoms with Gasteiger partial charge in [-0.05, 0) is 30.3 Å². The second kappa shape index (κ2) is 8.17. The van der Waals surface area contributed by atoms with Crippen molar-refractivity contribution >= 4 is 11.8 Å². The van der Waals surface area contributed by atoms with Gasteiger partial charge in [0.2, 0.25) is 11.8 Å². The fourth-order valence-corrected chi connectivity index (χ4v) is 3.00. The van der Waals surface area contributed by atoms with Crippen molar-refractivity contribution in [2.24, 2.45) is 5.73 Å². The van der Waals surface area contributed by atoms with Gasteiger partial charge in [-0.2, -0.15) is 5.10 Å². The Morgan fingerprint density at radius 2 is 2.11 bits per heavy atom. The molecule has 2 amide bonds. The van der Waals surface area contributed by atoms with E-state index in [2.05, 4.69) is 5.10 Å². The maximum atomic E-state index is 13.0. The molecule has 0 bridgehead atoms. The zero-order chi connectivity index (χ0) is 19.3. The van der Waals surface area contributed by atoms with E-state index >= 15 is 0 Å². The Bertz CT molecular complexity index is 781. The number of primary amides is 1. The van der Waals surface area contributed by atoms with E-state index in [0.717, 1.165) is 0 Å². The second-order valence-electron chi connectivity index (χ2n) is 6.44. The number of hydrogen-bond donors (Lipinski definition) is 1. The fraction of sp³-hybridized carbons (Fsp3) is 0.389. The number of nitrogens with two attached hydrogens (primary N) is 1. The lowest BCUT2D eigenvalue weighted by Crippen LogP contribution is -2.58. The maximum absolute atomic E-state index is 13.0. The lowest BCUT2D eigenvalue weighted by Gasteiger charge is -2.41. The molecule has 2 N–H and O–H groups in total. The average molecular weight is 376 g/mol. The maximum Gasteiger partial charge on any atom is 0.244 e. The fourth-order valence-electron chi connectivity index (χ4n) is 3.00. The number of benzene rings is 1. The van der Waals surface area contributed by atoms with E-state index in [1.165, 1.54) is 28.9 Å². The zero-order valence-corrected chi connectivity index (χ0v) is 14.7. The summed E-state index contributed by atoms with van der Waals surface area (Å²) >= 11 is 0. The molecule has 1 fully saturated rings. The number of morpholine rings is 1. The van der Waals surface area contributed by atoms with Gasteiger partial charge in [-0.1, -0.05) is 0 Å². The molecule has 1 aliphatic heterocycles. The molecule has 144 valence electrons. The van der Waals surface area contributed by atoms with Crippen molar-refractivity contribution < 1.29 is 23.5 Å². The first-order valence-electron chi connectivity index (χ1n) is 8.52. The molecule has 2 aromatic rings. The van der Waals surface area contributed by atoms with Crippen molar-refractivity contribution in [2.75, 3.05) is 26.3 Å². The van der Waals surface area contributed by atoms with Crippen molar-refractivity contribution in [3.05, 3.63) is 48.5 Å². The quantitative estimate of drug-likeness (QED) is 0.762. The van der Waals surface area contributed by atoms with Crippen molar-refractivity contribution in [1.29, 1.82) is 0 Å². The van der Waals surface area contributed by atoms with Gasteiger partial charge < -0.3 is 20.1 Å². The highest BCUT2D eigenvalue weighted by Gasteiger charge is 2.40. The normalized spacial score (nSPS) is 19.7. The Morgan fingerprint density at radius 1 is 1.33 bits per heavy atom. The average Bonchev–Trinajstić information content (AvgIpc) is 3.14. The van der Waals surface area contributed by atoms with E-state index in [1.54, 1.807) is 23.4 Å². The van der Waals surface area contributed by atoms with Gasteiger partial charge in [-0.25, -0.2) is 4.39 Å². The van der Waals surface area contributed by atoms with Gasteiger partial charge in [0.05, 0.1) is 19.6 Å². The molecule has 1 aromatic carbocycles. The highest BCUT2D eigenvalue weighted by Crippen LogP contribution is 2.24. The Balaban J connectivity index is 1.69. The second-order valence-corrected chi connectivity index (χ2v) is 6.44. The summed E-state index contributed by atoms with van der Waals surface area (Å²) in [6.45, 7) is 0.922. The lowest BCUT2D eigenvalue weighted by atomic mass is 9.97. The first-order chi connectivity index (χ1) is 13.0. The minimum atomic E-state index is -1.06. The largest absolute Gasteiger partial charge is 0.490 e. The Labute approximate surface area is 155 Å². The summed E-state index contributed by atoms with van der Waals surface area (Å²) in [5.41, 5.74) is 4.33. The van der Waals surface area contributed by atoms with Crippen molar-refractivity contribution in [3.8, 4) is 5.75 Å². The van der Waals surface area contributed by atoms with Gasteiger partial charge in [-0.3, -0.25) is 14.3 Å². The highest BCUT2D eigenvalue weighted by molar-refractivity contribution is 5.77. The molecule has 0 aliphatic carbocycles. The molecule has 8 nitrogen and oxygen atoms in total. The third-order valence-electron chi connectivity index (χ3n) is 4.27. The summed E-state index contributed by atoms with van der Waals surface area (Å²) in [5, 5.41) is 4.03. The summed E-state index contributed by atoms with van der Waals surface area (Å²) in [6.07, 6.45) is 3.20. The highest BCUT2D eigenvalue weighted by atomic mass is 19.1. The number of amides is 2. The van der Waals surface area contributed by atoms with E-state index in [-0.39, 0.29) is 44.4 Å². The van der Waals surface area contributed by atoms with Crippen LogP contribution in [0.25, 0.3) is 0 Å². The summed E-state index contributed by atoms with van der Waals surface area (Å²) in [6, 6.07) is 7.25. The van der Waals surface area contributed by atoms with E-state index in [9.17, 15) is 14.0 Å². The van der Waals surface area contributed by atoms with Gasteiger partial charge in [-0.15, -0.1) is 0 Å². The molecule has 0 unspecified atom stereocenters. The Kier molecular flexibility index (Phi) is 5.70. The van der Waals surface area contributed by atoms with Crippen LogP contribution in [0.1, 0.15) is 6.42 Å². The third-order valence-corrected chi connectivity index (χ3v) is 4.27. The number of halogens is 1. The minimum Gasteiger partial charge on any atom is -0.490 e. The number of carbonyl (C=O) groups is 2. The van der Waals surface area contributed by atoms with E-state index < -0.39 is 11.5 Å². The number of nitrogens with zero attached hydrogens (tertiary/aromatic N) is 3. The monoisotopic (exact) mass is 376 g/mol. The first kappa shape index (κ1) is 18.8. The molecular formula is C18H21FN4O4. The van der Waals surface area contributed by atoms with Crippen LogP contribution in [-0.4, -0.2) is 58.4 Å². The van der Waals surface area contributed by atoms with Crippen LogP contribution in [0, 0.1) is 5.82 Å². The molecular weight excluding hydrogens is 355 g/mol. The van der Waals surface area contributed by atoms with Crippen LogP contribution in [-0.2, 0) is 20.9 Å². The first-order valence-corrected chi connectivity index (χ1v) is 8.52. The molecule has 1 aliphatic rings. The summed E-state index contributed by atoms with van der Waals surface area (Å²) in [5.74, 6) is -0.640. The predicted molar refractivity (Wildman–Crippen MR) is 93.2 cm³/mol. The van der Waals surface area contributed by atoms with Gasteiger partial charge in [0.15, 0.2) is 0 Å². The number of hydrogen-bond acceptors (Lipinski definition) is 5. The molecule has 27 heavy (non-hydrogen) atoms. The zero-order valence-electron chi connectivity index (χ0n) is 14.7. The van der Waals surface area contributed by atoms with Gasteiger partial charge >= 0.3 is 0 Å². The smallest absolute Gasteiger partial charge is 0.244 e. The van der Waals surface area contributed by atoms with Crippen LogP contribution >= 0.6 is 0 Å². The standard InChI is InChI=1S/C18H21FN4O4/c19-14-2-4-15(5-3-14)26-13-18(10-16(20)24)12-22(8-9-27-18)17(25)11-23-7-1-6-21-23/h1-7H,8-13H2,(H2,20,24)/t18-/m1/s1. The molecule has 2 heterocycles. The molecule has 1 aromatic heterocycles. The Morgan fingerprint density at radius 3 is 2.78 bits per heavy atom. The van der Waals surface area contributed by atoms with E-state index in [4.69, 9.17) is 15.2 Å². The van der Waals surface area contributed by atoms with Gasteiger partial charge in [0.1, 0.15) is 30.3 Å². The summed E-state index contributed by atoms with van der Waals surface area (Å²) in [4.78, 5) is 25.8. The third kappa shape index (κ3) is 5.04. The van der Waals surface area contributed by atoms with Crippen LogP contribution in [0.5, 0.6) is 5.75 Å². The van der Waals surface area contributed by atoms with Crippen LogP contribution in [0.15, 0.2) is 42.7 Å². The van der Waals surface area contributed by atoms with Crippen LogP contribution in [0.2, 0.25) is 0 Å². The minimum absolute atomic E-state index is 0.00707. The molecule has 9 heteroatoms. The lowest BCUT2D eigenvalue weighted by molar-refractivity contribution is -0.162. The molecule has 1 saturated heterocycles. The molecule has 0 spiro atoms.